The maximum absolute atomic E-state index is 13.3. The molecule has 1 aliphatic heterocycles. The van der Waals surface area contributed by atoms with Crippen LogP contribution in [0.4, 0.5) is 14.6 Å². The zero-order chi connectivity index (χ0) is 22.3. The molecule has 166 valence electrons. The van der Waals surface area contributed by atoms with Gasteiger partial charge in [0.15, 0.2) is 0 Å². The Morgan fingerprint density at radius 2 is 1.84 bits per heavy atom. The summed E-state index contributed by atoms with van der Waals surface area (Å²) in [5, 5.41) is 3.84. The number of nitrogens with zero attached hydrogens (tertiary/aromatic N) is 2. The molecule has 1 aliphatic carbocycles. The Kier molecular flexibility index (Phi) is 5.15. The van der Waals surface area contributed by atoms with Gasteiger partial charge in [-0.3, -0.25) is 9.59 Å². The average Bonchev–Trinajstić information content (AvgIpc) is 3.52. The van der Waals surface area contributed by atoms with Gasteiger partial charge in [-0.05, 0) is 41.7 Å². The largest absolute Gasteiger partial charge is 0.346 e. The number of carbonyl (C=O) groups is 2. The molecule has 6 nitrogen and oxygen atoms in total. The summed E-state index contributed by atoms with van der Waals surface area (Å²) >= 11 is 0. The Balaban J connectivity index is 1.33. The summed E-state index contributed by atoms with van der Waals surface area (Å²) in [4.78, 5) is 33.8. The van der Waals surface area contributed by atoms with Gasteiger partial charge in [0.2, 0.25) is 11.8 Å². The fourth-order valence-corrected chi connectivity index (χ4v) is 4.09. The van der Waals surface area contributed by atoms with Crippen molar-refractivity contribution < 1.29 is 18.4 Å². The number of rotatable bonds is 5. The summed E-state index contributed by atoms with van der Waals surface area (Å²) in [5.41, 5.74) is 3.39. The van der Waals surface area contributed by atoms with E-state index >= 15 is 0 Å². The van der Waals surface area contributed by atoms with Crippen molar-refractivity contribution in [1.29, 1.82) is 0 Å². The second kappa shape index (κ2) is 8.00. The van der Waals surface area contributed by atoms with E-state index in [9.17, 15) is 18.4 Å². The first-order valence-electron chi connectivity index (χ1n) is 10.9. The standard InChI is InChI=1S/C24H24F2N4O2/c25-24(26)8-11-30(12-9-24)21(31)13-15-1-3-16(4-2-15)19-14-20(29-23(32)17-5-6-17)28-22-18(19)7-10-27-22/h1-4,7,10,14,17H,5-6,8-9,11-13H2,(H2,27,28,29,32). The van der Waals surface area contributed by atoms with Crippen LogP contribution in [0.3, 0.4) is 0 Å². The number of carbonyl (C=O) groups excluding carboxylic acids is 2. The zero-order valence-corrected chi connectivity index (χ0v) is 17.5. The maximum atomic E-state index is 13.3. The number of hydrogen-bond donors (Lipinski definition) is 2. The van der Waals surface area contributed by atoms with Crippen LogP contribution in [0.25, 0.3) is 22.2 Å². The molecule has 3 heterocycles. The Labute approximate surface area is 184 Å². The minimum atomic E-state index is -2.66. The summed E-state index contributed by atoms with van der Waals surface area (Å²) < 4.78 is 26.7. The number of hydrogen-bond acceptors (Lipinski definition) is 3. The molecule has 5 rings (SSSR count). The Morgan fingerprint density at radius 3 is 2.53 bits per heavy atom. The van der Waals surface area contributed by atoms with Crippen LogP contribution >= 0.6 is 0 Å². The number of nitrogens with one attached hydrogen (secondary N) is 2. The lowest BCUT2D eigenvalue weighted by atomic mass is 10.0. The van der Waals surface area contributed by atoms with Crippen molar-refractivity contribution >= 4 is 28.7 Å². The van der Waals surface area contributed by atoms with Crippen LogP contribution < -0.4 is 5.32 Å². The fraction of sp³-hybridized carbons (Fsp3) is 0.375. The third kappa shape index (κ3) is 4.35. The monoisotopic (exact) mass is 438 g/mol. The predicted octanol–water partition coefficient (Wildman–Crippen LogP) is 4.38. The second-order valence-electron chi connectivity index (χ2n) is 8.67. The van der Waals surface area contributed by atoms with Gasteiger partial charge in [-0.15, -0.1) is 0 Å². The van der Waals surface area contributed by atoms with Crippen LogP contribution in [0.2, 0.25) is 0 Å². The number of H-pyrrole nitrogens is 1. The molecule has 0 radical (unpaired) electrons. The van der Waals surface area contributed by atoms with E-state index in [1.165, 1.54) is 4.90 Å². The molecule has 0 spiro atoms. The molecule has 1 saturated heterocycles. The lowest BCUT2D eigenvalue weighted by Gasteiger charge is -2.31. The number of halogens is 2. The lowest BCUT2D eigenvalue weighted by Crippen LogP contribution is -2.43. The van der Waals surface area contributed by atoms with Gasteiger partial charge in [0.05, 0.1) is 6.42 Å². The molecule has 32 heavy (non-hydrogen) atoms. The average molecular weight is 438 g/mol. The molecule has 2 fully saturated rings. The van der Waals surface area contributed by atoms with E-state index in [0.717, 1.165) is 34.9 Å². The first-order chi connectivity index (χ1) is 15.4. The van der Waals surface area contributed by atoms with Crippen LogP contribution in [-0.4, -0.2) is 45.7 Å². The number of likely N-dealkylation sites (tertiary alicyclic amines) is 1. The van der Waals surface area contributed by atoms with Crippen molar-refractivity contribution in [2.75, 3.05) is 18.4 Å². The van der Waals surface area contributed by atoms with Crippen LogP contribution in [-0.2, 0) is 16.0 Å². The first-order valence-corrected chi connectivity index (χ1v) is 10.9. The highest BCUT2D eigenvalue weighted by atomic mass is 19.3. The van der Waals surface area contributed by atoms with Crippen molar-refractivity contribution in [2.24, 2.45) is 5.92 Å². The topological polar surface area (TPSA) is 78.1 Å². The normalized spacial score (nSPS) is 18.0. The van der Waals surface area contributed by atoms with Crippen molar-refractivity contribution in [3.05, 3.63) is 48.2 Å². The van der Waals surface area contributed by atoms with E-state index in [4.69, 9.17) is 0 Å². The number of fused-ring (bicyclic) bond motifs is 1. The highest BCUT2D eigenvalue weighted by Crippen LogP contribution is 2.33. The number of pyridine rings is 1. The second-order valence-corrected chi connectivity index (χ2v) is 8.67. The van der Waals surface area contributed by atoms with Gasteiger partial charge in [-0.2, -0.15) is 0 Å². The van der Waals surface area contributed by atoms with Crippen molar-refractivity contribution in [1.82, 2.24) is 14.9 Å². The molecule has 2 aliphatic rings. The minimum Gasteiger partial charge on any atom is -0.346 e. The Hall–Kier alpha value is -3.29. The smallest absolute Gasteiger partial charge is 0.251 e. The summed E-state index contributed by atoms with van der Waals surface area (Å²) in [6, 6.07) is 11.4. The molecular weight excluding hydrogens is 414 g/mol. The number of aromatic amines is 1. The molecular formula is C24H24F2N4O2. The number of amides is 2. The van der Waals surface area contributed by atoms with Crippen molar-refractivity contribution in [2.45, 2.75) is 38.0 Å². The van der Waals surface area contributed by atoms with Crippen molar-refractivity contribution in [3.8, 4) is 11.1 Å². The molecule has 0 bridgehead atoms. The SMILES string of the molecule is O=C(Nc1cc(-c2ccc(CC(=O)N3CCC(F)(F)CC3)cc2)c2cc[nH]c2n1)C1CC1. The van der Waals surface area contributed by atoms with Gasteiger partial charge < -0.3 is 15.2 Å². The highest BCUT2D eigenvalue weighted by molar-refractivity contribution is 5.99. The quantitative estimate of drug-likeness (QED) is 0.621. The summed E-state index contributed by atoms with van der Waals surface area (Å²) in [6.45, 7) is 0.198. The Morgan fingerprint density at radius 1 is 1.12 bits per heavy atom. The highest BCUT2D eigenvalue weighted by Gasteiger charge is 2.35. The number of benzene rings is 1. The molecule has 1 aromatic carbocycles. The molecule has 0 atom stereocenters. The Bertz CT molecular complexity index is 1160. The van der Waals surface area contributed by atoms with Crippen molar-refractivity contribution in [3.63, 3.8) is 0 Å². The minimum absolute atomic E-state index is 0.00121. The summed E-state index contributed by atoms with van der Waals surface area (Å²) in [7, 11) is 0. The lowest BCUT2D eigenvalue weighted by molar-refractivity contribution is -0.136. The number of alkyl halides is 2. The molecule has 3 aromatic rings. The van der Waals surface area contributed by atoms with Gasteiger partial charge in [0.25, 0.3) is 5.92 Å². The number of aromatic nitrogens is 2. The summed E-state index contributed by atoms with van der Waals surface area (Å²) in [6.07, 6.45) is 3.29. The number of piperidine rings is 1. The zero-order valence-electron chi connectivity index (χ0n) is 17.5. The van der Waals surface area contributed by atoms with Crippen LogP contribution in [0.5, 0.6) is 0 Å². The van der Waals surface area contributed by atoms with E-state index in [1.807, 2.05) is 42.6 Å². The molecule has 2 aromatic heterocycles. The van der Waals surface area contributed by atoms with E-state index in [-0.39, 0.29) is 50.1 Å². The first kappa shape index (κ1) is 20.6. The van der Waals surface area contributed by atoms with Crippen LogP contribution in [0.15, 0.2) is 42.6 Å². The summed E-state index contributed by atoms with van der Waals surface area (Å²) in [5.74, 6) is -2.20. The van der Waals surface area contributed by atoms with E-state index in [1.54, 1.807) is 0 Å². The molecule has 0 unspecified atom stereocenters. The fourth-order valence-electron chi connectivity index (χ4n) is 4.09. The van der Waals surface area contributed by atoms with E-state index in [2.05, 4.69) is 15.3 Å². The van der Waals surface area contributed by atoms with Crippen LogP contribution in [0, 0.1) is 5.92 Å². The van der Waals surface area contributed by atoms with Gasteiger partial charge in [0, 0.05) is 43.4 Å². The molecule has 2 amide bonds. The van der Waals surface area contributed by atoms with Gasteiger partial charge in [-0.25, -0.2) is 13.8 Å². The third-order valence-corrected chi connectivity index (χ3v) is 6.20. The third-order valence-electron chi connectivity index (χ3n) is 6.20. The molecule has 1 saturated carbocycles. The van der Waals surface area contributed by atoms with E-state index in [0.29, 0.717) is 11.5 Å². The predicted molar refractivity (Wildman–Crippen MR) is 117 cm³/mol. The van der Waals surface area contributed by atoms with E-state index < -0.39 is 5.92 Å². The molecule has 8 heteroatoms. The van der Waals surface area contributed by atoms with Crippen LogP contribution in [0.1, 0.15) is 31.2 Å². The van der Waals surface area contributed by atoms with Gasteiger partial charge >= 0.3 is 0 Å². The van der Waals surface area contributed by atoms with Gasteiger partial charge in [0.1, 0.15) is 11.5 Å². The van der Waals surface area contributed by atoms with Gasteiger partial charge in [-0.1, -0.05) is 24.3 Å². The maximum Gasteiger partial charge on any atom is 0.251 e. The molecule has 2 N–H and O–H groups in total. The number of anilines is 1.